The first kappa shape index (κ1) is 31.8. The van der Waals surface area contributed by atoms with Gasteiger partial charge in [-0.25, -0.2) is 0 Å². The Morgan fingerprint density at radius 3 is 2.08 bits per heavy atom. The molecule has 0 saturated heterocycles. The summed E-state index contributed by atoms with van der Waals surface area (Å²) in [6, 6.07) is 0. The average molecular weight is 559 g/mol. The third-order valence-corrected chi connectivity index (χ3v) is 19.2. The molecule has 0 aromatic heterocycles. The minimum absolute atomic E-state index is 0.0571. The molecule has 0 aromatic rings. The van der Waals surface area contributed by atoms with Crippen LogP contribution in [-0.4, -0.2) is 25.6 Å². The van der Waals surface area contributed by atoms with Crippen molar-refractivity contribution in [2.75, 3.05) is 0 Å². The van der Waals surface area contributed by atoms with Gasteiger partial charge in [0.05, 0.1) is 12.2 Å². The van der Waals surface area contributed by atoms with Crippen LogP contribution >= 0.6 is 0 Å². The fourth-order valence-electron chi connectivity index (χ4n) is 10.8. The van der Waals surface area contributed by atoms with Crippen molar-refractivity contribution in [1.29, 1.82) is 0 Å². The summed E-state index contributed by atoms with van der Waals surface area (Å²) in [4.78, 5) is 0. The quantitative estimate of drug-likeness (QED) is 0.268. The van der Waals surface area contributed by atoms with E-state index in [1.54, 1.807) is 0 Å². The van der Waals surface area contributed by atoms with Crippen molar-refractivity contribution in [2.24, 2.45) is 44.8 Å². The van der Waals surface area contributed by atoms with E-state index >= 15 is 0 Å². The van der Waals surface area contributed by atoms with Gasteiger partial charge in [-0.1, -0.05) is 74.0 Å². The monoisotopic (exact) mass is 558 g/mol. The molecule has 0 spiro atoms. The normalized spacial score (nSPS) is 46.1. The number of allylic oxidation sites excluding steroid dienone is 2. The van der Waals surface area contributed by atoms with Crippen LogP contribution in [0, 0.1) is 44.8 Å². The minimum atomic E-state index is -1.82. The van der Waals surface area contributed by atoms with Crippen LogP contribution in [0.3, 0.4) is 0 Å². The van der Waals surface area contributed by atoms with Crippen molar-refractivity contribution < 1.29 is 9.53 Å². The van der Waals surface area contributed by atoms with E-state index in [1.165, 1.54) is 56.9 Å². The highest BCUT2D eigenvalue weighted by molar-refractivity contribution is 6.74. The molecule has 4 aliphatic carbocycles. The maximum Gasteiger partial charge on any atom is 0.192 e. The van der Waals surface area contributed by atoms with E-state index in [2.05, 4.69) is 95.3 Å². The van der Waals surface area contributed by atoms with Crippen LogP contribution in [0.2, 0.25) is 18.1 Å². The van der Waals surface area contributed by atoms with E-state index in [1.807, 2.05) is 0 Å². The van der Waals surface area contributed by atoms with E-state index in [0.29, 0.717) is 22.9 Å². The van der Waals surface area contributed by atoms with Crippen molar-refractivity contribution in [2.45, 2.75) is 171 Å². The summed E-state index contributed by atoms with van der Waals surface area (Å²) in [6.45, 7) is 31.9. The summed E-state index contributed by atoms with van der Waals surface area (Å²) in [5, 5.41) is 12.3. The molecule has 0 aliphatic heterocycles. The van der Waals surface area contributed by atoms with Gasteiger partial charge in [-0.15, -0.1) is 0 Å². The molecule has 4 aliphatic rings. The van der Waals surface area contributed by atoms with Gasteiger partial charge in [-0.05, 0) is 141 Å². The first-order chi connectivity index (χ1) is 17.7. The Balaban J connectivity index is 1.59. The molecule has 0 amide bonds. The summed E-state index contributed by atoms with van der Waals surface area (Å²) in [5.74, 6) is 1.91. The predicted molar refractivity (Wildman–Crippen MR) is 170 cm³/mol. The molecular weight excluding hydrogens is 492 g/mol. The second-order valence-electron chi connectivity index (χ2n) is 18.3. The first-order valence-corrected chi connectivity index (χ1v) is 19.6. The second-order valence-corrected chi connectivity index (χ2v) is 23.1. The van der Waals surface area contributed by atoms with Crippen molar-refractivity contribution >= 4 is 8.32 Å². The zero-order valence-corrected chi connectivity index (χ0v) is 29.4. The number of rotatable bonds is 5. The maximum atomic E-state index is 12.0. The molecule has 4 saturated carbocycles. The molecule has 4 fully saturated rings. The molecule has 1 N–H and O–H groups in total. The van der Waals surface area contributed by atoms with Gasteiger partial charge in [0.25, 0.3) is 0 Å². The third kappa shape index (κ3) is 4.89. The summed E-state index contributed by atoms with van der Waals surface area (Å²) in [5.41, 5.74) is 2.58. The molecule has 4 rings (SSSR count). The molecular formula is C36H66O2Si. The molecule has 9 atom stereocenters. The Hall–Kier alpha value is -0.123. The highest BCUT2D eigenvalue weighted by Crippen LogP contribution is 2.75. The highest BCUT2D eigenvalue weighted by Gasteiger charge is 2.69. The van der Waals surface area contributed by atoms with Crippen LogP contribution in [-0.2, 0) is 4.43 Å². The zero-order valence-electron chi connectivity index (χ0n) is 28.4. The number of fused-ring (bicyclic) bond motifs is 5. The van der Waals surface area contributed by atoms with Crippen molar-refractivity contribution in [1.82, 2.24) is 0 Å². The Kier molecular flexibility index (Phi) is 8.13. The molecule has 39 heavy (non-hydrogen) atoms. The summed E-state index contributed by atoms with van der Waals surface area (Å²) in [6.07, 6.45) is 14.9. The van der Waals surface area contributed by atoms with Crippen LogP contribution < -0.4 is 0 Å². The van der Waals surface area contributed by atoms with E-state index in [9.17, 15) is 5.11 Å². The summed E-state index contributed by atoms with van der Waals surface area (Å²) < 4.78 is 7.20. The second kappa shape index (κ2) is 9.97. The van der Waals surface area contributed by atoms with Crippen LogP contribution in [0.1, 0.15) is 140 Å². The van der Waals surface area contributed by atoms with Gasteiger partial charge in [-0.3, -0.25) is 0 Å². The van der Waals surface area contributed by atoms with Gasteiger partial charge >= 0.3 is 0 Å². The predicted octanol–water partition coefficient (Wildman–Crippen LogP) is 10.6. The Bertz CT molecular complexity index is 940. The lowest BCUT2D eigenvalue weighted by Gasteiger charge is -2.72. The van der Waals surface area contributed by atoms with Crippen molar-refractivity contribution in [3.05, 3.63) is 11.6 Å². The number of aliphatic hydroxyl groups excluding tert-OH is 1. The molecule has 0 heterocycles. The SMILES string of the molecule is CC(C)=CCC[C@]1(C)CC[C@]2(C)[C@H](CC[C@@H]3[C@@]4(C)CC[C@H](O[Si](C)(C)C(C)(C)C)C(C)(C)[C@@H]4CC[C@]32C)[C@@H]1O. The molecule has 0 radical (unpaired) electrons. The molecule has 0 aromatic carbocycles. The van der Waals surface area contributed by atoms with E-state index in [4.69, 9.17) is 4.43 Å². The molecule has 3 heteroatoms. The molecule has 2 nitrogen and oxygen atoms in total. The average Bonchev–Trinajstić information content (AvgIpc) is 2.79. The summed E-state index contributed by atoms with van der Waals surface area (Å²) >= 11 is 0. The first-order valence-electron chi connectivity index (χ1n) is 16.6. The van der Waals surface area contributed by atoms with Gasteiger partial charge in [0.2, 0.25) is 0 Å². The van der Waals surface area contributed by atoms with Gasteiger partial charge in [0.1, 0.15) is 0 Å². The minimum Gasteiger partial charge on any atom is -0.413 e. The highest BCUT2D eigenvalue weighted by atomic mass is 28.4. The lowest BCUT2D eigenvalue weighted by molar-refractivity contribution is -0.255. The largest absolute Gasteiger partial charge is 0.413 e. The van der Waals surface area contributed by atoms with Gasteiger partial charge in [-0.2, -0.15) is 0 Å². The topological polar surface area (TPSA) is 29.5 Å². The Morgan fingerprint density at radius 2 is 1.49 bits per heavy atom. The number of hydrogen-bond donors (Lipinski definition) is 1. The van der Waals surface area contributed by atoms with Gasteiger partial charge < -0.3 is 9.53 Å². The fraction of sp³-hybridized carbons (Fsp3) is 0.944. The summed E-state index contributed by atoms with van der Waals surface area (Å²) in [7, 11) is -1.82. The van der Waals surface area contributed by atoms with Crippen molar-refractivity contribution in [3.8, 4) is 0 Å². The van der Waals surface area contributed by atoms with Crippen LogP contribution in [0.4, 0.5) is 0 Å². The van der Waals surface area contributed by atoms with Crippen molar-refractivity contribution in [3.63, 3.8) is 0 Å². The Morgan fingerprint density at radius 1 is 0.846 bits per heavy atom. The van der Waals surface area contributed by atoms with E-state index < -0.39 is 8.32 Å². The van der Waals surface area contributed by atoms with Gasteiger partial charge in [0, 0.05) is 0 Å². The van der Waals surface area contributed by atoms with Gasteiger partial charge in [0.15, 0.2) is 8.32 Å². The molecule has 0 bridgehead atoms. The standard InChI is InChI=1S/C36H66O2Si/c1-25(2)15-14-20-33(8)23-24-35(10)26(30(33)37)16-17-28-34(9)21-19-29(38-39(12,13)31(3,4)5)32(6,7)27(34)18-22-36(28,35)11/h15,26-30,37H,14,16-24H2,1-13H3/t26-,27+,28-,29+,30+,33-,34+,35-,36-/m1/s1. The molecule has 226 valence electrons. The Labute approximate surface area is 244 Å². The van der Waals surface area contributed by atoms with Crippen LogP contribution in [0.5, 0.6) is 0 Å². The van der Waals surface area contributed by atoms with Crippen LogP contribution in [0.25, 0.3) is 0 Å². The zero-order chi connectivity index (χ0) is 29.4. The maximum absolute atomic E-state index is 12.0. The smallest absolute Gasteiger partial charge is 0.192 e. The van der Waals surface area contributed by atoms with E-state index in [0.717, 1.165) is 24.7 Å². The lowest BCUT2D eigenvalue weighted by Crippen LogP contribution is -2.67. The third-order valence-electron chi connectivity index (χ3n) is 14.7. The number of hydrogen-bond acceptors (Lipinski definition) is 2. The lowest BCUT2D eigenvalue weighted by atomic mass is 9.33. The van der Waals surface area contributed by atoms with Crippen LogP contribution in [0.15, 0.2) is 11.6 Å². The fourth-order valence-corrected chi connectivity index (χ4v) is 12.3. The molecule has 0 unspecified atom stereocenters. The van der Waals surface area contributed by atoms with E-state index in [-0.39, 0.29) is 27.4 Å². The number of aliphatic hydroxyl groups is 1.